The first kappa shape index (κ1) is 17.9. The lowest BCUT2D eigenvalue weighted by atomic mass is 10.2. The number of nitrogens with one attached hydrogen (secondary N) is 1. The van der Waals surface area contributed by atoms with Gasteiger partial charge in [-0.05, 0) is 31.0 Å². The molecule has 1 saturated heterocycles. The highest BCUT2D eigenvalue weighted by Crippen LogP contribution is 2.28. The third-order valence-corrected chi connectivity index (χ3v) is 4.76. The van der Waals surface area contributed by atoms with Crippen molar-refractivity contribution in [3.8, 4) is 5.75 Å². The zero-order chi connectivity index (χ0) is 18.6. The number of ether oxygens (including phenoxy) is 2. The number of hydrogen-bond donors (Lipinski definition) is 1. The van der Waals surface area contributed by atoms with E-state index in [1.54, 1.807) is 31.2 Å². The zero-order valence-electron chi connectivity index (χ0n) is 15.4. The van der Waals surface area contributed by atoms with Crippen molar-refractivity contribution in [3.63, 3.8) is 0 Å². The van der Waals surface area contributed by atoms with E-state index in [-0.39, 0.29) is 18.6 Å². The fraction of sp³-hybridized carbons (Fsp3) is 0.526. The molecule has 1 atom stereocenters. The molecule has 2 fully saturated rings. The highest BCUT2D eigenvalue weighted by molar-refractivity contribution is 5.94. The summed E-state index contributed by atoms with van der Waals surface area (Å²) in [5, 5.41) is 6.75. The van der Waals surface area contributed by atoms with Gasteiger partial charge in [-0.15, -0.1) is 0 Å². The number of carbonyl (C=O) groups excluding carboxylic acids is 1. The van der Waals surface area contributed by atoms with Gasteiger partial charge in [-0.1, -0.05) is 11.2 Å². The summed E-state index contributed by atoms with van der Waals surface area (Å²) in [5.41, 5.74) is 0.548. The van der Waals surface area contributed by atoms with Crippen molar-refractivity contribution in [2.45, 2.75) is 38.5 Å². The molecular formula is C19H24N4O4. The molecule has 0 spiro atoms. The summed E-state index contributed by atoms with van der Waals surface area (Å²) in [5.74, 6) is 1.41. The Morgan fingerprint density at radius 1 is 1.41 bits per heavy atom. The van der Waals surface area contributed by atoms with Crippen LogP contribution in [0.1, 0.15) is 34.9 Å². The fourth-order valence-electron chi connectivity index (χ4n) is 3.22. The second kappa shape index (κ2) is 8.06. The van der Waals surface area contributed by atoms with Crippen molar-refractivity contribution in [2.24, 2.45) is 0 Å². The predicted molar refractivity (Wildman–Crippen MR) is 96.5 cm³/mol. The number of morpholine rings is 1. The third kappa shape index (κ3) is 4.84. The maximum absolute atomic E-state index is 12.5. The van der Waals surface area contributed by atoms with E-state index in [4.69, 9.17) is 14.0 Å². The summed E-state index contributed by atoms with van der Waals surface area (Å²) >= 11 is 0. The van der Waals surface area contributed by atoms with Crippen LogP contribution in [0.5, 0.6) is 5.75 Å². The Balaban J connectivity index is 1.28. The monoisotopic (exact) mass is 372 g/mol. The Labute approximate surface area is 157 Å². The average Bonchev–Trinajstić information content (AvgIpc) is 3.47. The minimum atomic E-state index is -0.136. The molecule has 1 N–H and O–H groups in total. The number of aromatic nitrogens is 2. The van der Waals surface area contributed by atoms with Crippen LogP contribution in [0.3, 0.4) is 0 Å². The molecule has 1 saturated carbocycles. The molecule has 8 nitrogen and oxygen atoms in total. The van der Waals surface area contributed by atoms with Crippen molar-refractivity contribution in [1.29, 1.82) is 0 Å². The molecular weight excluding hydrogens is 348 g/mol. The maximum Gasteiger partial charge on any atom is 0.251 e. The zero-order valence-corrected chi connectivity index (χ0v) is 15.4. The van der Waals surface area contributed by atoms with Crippen molar-refractivity contribution < 1.29 is 18.8 Å². The van der Waals surface area contributed by atoms with Gasteiger partial charge >= 0.3 is 0 Å². The van der Waals surface area contributed by atoms with Crippen LogP contribution in [-0.2, 0) is 11.3 Å². The highest BCUT2D eigenvalue weighted by atomic mass is 16.5. The molecule has 1 aromatic carbocycles. The quantitative estimate of drug-likeness (QED) is 0.789. The lowest BCUT2D eigenvalue weighted by Crippen LogP contribution is -2.48. The number of aryl methyl sites for hydroxylation is 1. The average molecular weight is 372 g/mol. The Morgan fingerprint density at radius 2 is 2.30 bits per heavy atom. The Morgan fingerprint density at radius 3 is 3.07 bits per heavy atom. The minimum Gasteiger partial charge on any atom is -0.485 e. The summed E-state index contributed by atoms with van der Waals surface area (Å²) in [6, 6.07) is 7.78. The molecule has 2 heterocycles. The largest absolute Gasteiger partial charge is 0.485 e. The standard InChI is InChI=1S/C19H24N4O4/c1-13-21-18(22-27-13)12-26-16-4-2-3-14(9-16)19(24)20-10-17-11-23(7-8-25-17)15-5-6-15/h2-4,9,15,17H,5-8,10-12H2,1H3,(H,20,24). The number of hydrogen-bond acceptors (Lipinski definition) is 7. The number of rotatable bonds is 7. The Hall–Kier alpha value is -2.45. The van der Waals surface area contributed by atoms with Crippen LogP contribution in [0.4, 0.5) is 0 Å². The lowest BCUT2D eigenvalue weighted by Gasteiger charge is -2.33. The molecule has 27 heavy (non-hydrogen) atoms. The van der Waals surface area contributed by atoms with Crippen molar-refractivity contribution >= 4 is 5.91 Å². The fourth-order valence-corrected chi connectivity index (χ4v) is 3.22. The summed E-state index contributed by atoms with van der Waals surface area (Å²) in [6.07, 6.45) is 2.62. The Kier molecular flexibility index (Phi) is 5.35. The van der Waals surface area contributed by atoms with Gasteiger partial charge < -0.3 is 19.3 Å². The van der Waals surface area contributed by atoms with Crippen LogP contribution < -0.4 is 10.1 Å². The van der Waals surface area contributed by atoms with E-state index in [0.29, 0.717) is 29.6 Å². The van der Waals surface area contributed by atoms with Gasteiger partial charge in [0.2, 0.25) is 11.7 Å². The first-order valence-electron chi connectivity index (χ1n) is 9.33. The first-order chi connectivity index (χ1) is 13.2. The number of benzene rings is 1. The molecule has 0 radical (unpaired) electrons. The van der Waals surface area contributed by atoms with Crippen LogP contribution in [0.25, 0.3) is 0 Å². The van der Waals surface area contributed by atoms with Gasteiger partial charge in [0, 0.05) is 38.2 Å². The second-order valence-corrected chi connectivity index (χ2v) is 6.98. The Bertz CT molecular complexity index is 790. The number of nitrogens with zero attached hydrogens (tertiary/aromatic N) is 3. The van der Waals surface area contributed by atoms with E-state index in [2.05, 4.69) is 20.4 Å². The van der Waals surface area contributed by atoms with E-state index in [1.165, 1.54) is 12.8 Å². The van der Waals surface area contributed by atoms with E-state index in [1.807, 2.05) is 0 Å². The van der Waals surface area contributed by atoms with Gasteiger partial charge in [0.25, 0.3) is 5.91 Å². The van der Waals surface area contributed by atoms with Crippen LogP contribution in [0.15, 0.2) is 28.8 Å². The first-order valence-corrected chi connectivity index (χ1v) is 9.33. The van der Waals surface area contributed by atoms with Gasteiger partial charge in [0.05, 0.1) is 12.7 Å². The van der Waals surface area contributed by atoms with E-state index in [9.17, 15) is 4.79 Å². The van der Waals surface area contributed by atoms with Crippen LogP contribution in [0, 0.1) is 6.92 Å². The molecule has 1 aromatic heterocycles. The molecule has 1 aliphatic carbocycles. The predicted octanol–water partition coefficient (Wildman–Crippen LogP) is 1.55. The van der Waals surface area contributed by atoms with Crippen LogP contribution >= 0.6 is 0 Å². The summed E-state index contributed by atoms with van der Waals surface area (Å²) < 4.78 is 16.3. The van der Waals surface area contributed by atoms with Gasteiger partial charge in [0.1, 0.15) is 5.75 Å². The van der Waals surface area contributed by atoms with Gasteiger partial charge in [0.15, 0.2) is 6.61 Å². The maximum atomic E-state index is 12.5. The molecule has 4 rings (SSSR count). The normalized spacial score (nSPS) is 20.4. The van der Waals surface area contributed by atoms with Gasteiger partial charge in [-0.2, -0.15) is 4.98 Å². The van der Waals surface area contributed by atoms with E-state index < -0.39 is 0 Å². The van der Waals surface area contributed by atoms with Crippen molar-refractivity contribution in [3.05, 3.63) is 41.5 Å². The van der Waals surface area contributed by atoms with Crippen LogP contribution in [0.2, 0.25) is 0 Å². The summed E-state index contributed by atoms with van der Waals surface area (Å²) in [7, 11) is 0. The number of amides is 1. The second-order valence-electron chi connectivity index (χ2n) is 6.98. The minimum absolute atomic E-state index is 0.0456. The van der Waals surface area contributed by atoms with Crippen molar-refractivity contribution in [1.82, 2.24) is 20.4 Å². The molecule has 1 amide bonds. The molecule has 1 aliphatic heterocycles. The lowest BCUT2D eigenvalue weighted by molar-refractivity contribution is -0.0293. The molecule has 8 heteroatoms. The number of carbonyl (C=O) groups is 1. The SMILES string of the molecule is Cc1nc(COc2cccc(C(=O)NCC3CN(C4CC4)CCO3)c2)no1. The summed E-state index contributed by atoms with van der Waals surface area (Å²) in [6.45, 7) is 5.04. The van der Waals surface area contributed by atoms with Gasteiger partial charge in [-0.25, -0.2) is 0 Å². The van der Waals surface area contributed by atoms with Gasteiger partial charge in [-0.3, -0.25) is 9.69 Å². The van der Waals surface area contributed by atoms with Crippen LogP contribution in [-0.4, -0.2) is 59.3 Å². The van der Waals surface area contributed by atoms with Crippen molar-refractivity contribution in [2.75, 3.05) is 26.2 Å². The molecule has 0 bridgehead atoms. The topological polar surface area (TPSA) is 89.7 Å². The third-order valence-electron chi connectivity index (χ3n) is 4.76. The summed E-state index contributed by atoms with van der Waals surface area (Å²) in [4.78, 5) is 19.0. The molecule has 2 aliphatic rings. The van der Waals surface area contributed by atoms with E-state index >= 15 is 0 Å². The molecule has 2 aromatic rings. The molecule has 144 valence electrons. The smallest absolute Gasteiger partial charge is 0.251 e. The highest BCUT2D eigenvalue weighted by Gasteiger charge is 2.32. The van der Waals surface area contributed by atoms with E-state index in [0.717, 1.165) is 25.7 Å². The molecule has 1 unspecified atom stereocenters.